The fraction of sp³-hybridized carbons (Fsp3) is 0.636. The maximum absolute atomic E-state index is 11.3. The van der Waals surface area contributed by atoms with Gasteiger partial charge in [-0.1, -0.05) is 0 Å². The molecule has 11 heteroatoms. The van der Waals surface area contributed by atoms with E-state index in [0.29, 0.717) is 0 Å². The molecule has 1 aliphatic heterocycles. The second-order valence-electron chi connectivity index (χ2n) is 4.93. The molecule has 5 unspecified atom stereocenters. The van der Waals surface area contributed by atoms with Crippen molar-refractivity contribution in [1.29, 1.82) is 5.41 Å². The van der Waals surface area contributed by atoms with Gasteiger partial charge in [-0.05, 0) is 6.92 Å². The number of rotatable bonds is 5. The molecule has 1 aromatic rings. The number of aromatic nitrogens is 3. The first-order valence-corrected chi connectivity index (χ1v) is 6.50. The van der Waals surface area contributed by atoms with Crippen LogP contribution in [0.5, 0.6) is 0 Å². The van der Waals surface area contributed by atoms with Gasteiger partial charge in [-0.15, -0.1) is 5.10 Å². The van der Waals surface area contributed by atoms with E-state index in [-0.39, 0.29) is 18.3 Å². The molecule has 0 saturated carbocycles. The molecule has 2 rings (SSSR count). The minimum Gasteiger partial charge on any atom is -0.462 e. The van der Waals surface area contributed by atoms with Crippen molar-refractivity contribution < 1.29 is 24.5 Å². The quantitative estimate of drug-likeness (QED) is 0.216. The zero-order chi connectivity index (χ0) is 16.4. The summed E-state index contributed by atoms with van der Waals surface area (Å²) in [5.74, 6) is -1.01. The predicted octanol–water partition coefficient (Wildman–Crippen LogP) is -2.93. The topological polar surface area (TPSA) is 183 Å². The fourth-order valence-corrected chi connectivity index (χ4v) is 1.90. The number of nitrogens with two attached hydrogens (primary N) is 2. The summed E-state index contributed by atoms with van der Waals surface area (Å²) in [6, 6.07) is -0.798. The van der Waals surface area contributed by atoms with Crippen molar-refractivity contribution in [1.82, 2.24) is 14.8 Å². The number of aliphatic hydroxyl groups is 2. The monoisotopic (exact) mass is 314 g/mol. The predicted molar refractivity (Wildman–Crippen MR) is 71.6 cm³/mol. The zero-order valence-corrected chi connectivity index (χ0v) is 11.8. The molecule has 11 nitrogen and oxygen atoms in total. The van der Waals surface area contributed by atoms with Crippen LogP contribution < -0.4 is 11.5 Å². The molecule has 0 aromatic carbocycles. The minimum absolute atomic E-state index is 0.0304. The number of nitrogens with zero attached hydrogens (tertiary/aromatic N) is 3. The first-order chi connectivity index (χ1) is 10.3. The van der Waals surface area contributed by atoms with Crippen molar-refractivity contribution in [2.24, 2.45) is 11.5 Å². The van der Waals surface area contributed by atoms with E-state index in [0.717, 1.165) is 4.68 Å². The van der Waals surface area contributed by atoms with Crippen LogP contribution in [0.1, 0.15) is 19.0 Å². The largest absolute Gasteiger partial charge is 0.462 e. The molecular formula is C11H18N6O5. The maximum Gasteiger partial charge on any atom is 0.322 e. The van der Waals surface area contributed by atoms with Crippen LogP contribution >= 0.6 is 0 Å². The fourth-order valence-electron chi connectivity index (χ4n) is 1.90. The summed E-state index contributed by atoms with van der Waals surface area (Å²) in [5.41, 5.74) is 10.6. The molecule has 1 saturated heterocycles. The molecule has 1 aromatic heterocycles. The van der Waals surface area contributed by atoms with Crippen LogP contribution in [0.4, 0.5) is 0 Å². The van der Waals surface area contributed by atoms with E-state index in [1.807, 2.05) is 0 Å². The van der Waals surface area contributed by atoms with Crippen molar-refractivity contribution in [3.63, 3.8) is 0 Å². The Balaban J connectivity index is 2.03. The van der Waals surface area contributed by atoms with Crippen molar-refractivity contribution >= 4 is 11.8 Å². The summed E-state index contributed by atoms with van der Waals surface area (Å²) in [5, 5.41) is 31.0. The van der Waals surface area contributed by atoms with Crippen LogP contribution in [0.3, 0.4) is 0 Å². The normalized spacial score (nSPS) is 29.3. The van der Waals surface area contributed by atoms with Gasteiger partial charge in [0.15, 0.2) is 12.1 Å². The van der Waals surface area contributed by atoms with Gasteiger partial charge in [0, 0.05) is 0 Å². The average molecular weight is 314 g/mol. The van der Waals surface area contributed by atoms with Crippen LogP contribution in [0.15, 0.2) is 6.33 Å². The molecule has 22 heavy (non-hydrogen) atoms. The summed E-state index contributed by atoms with van der Waals surface area (Å²) in [7, 11) is 0. The van der Waals surface area contributed by atoms with Crippen molar-refractivity contribution in [2.45, 2.75) is 37.5 Å². The Kier molecular flexibility index (Phi) is 4.71. The Morgan fingerprint density at radius 2 is 2.27 bits per heavy atom. The van der Waals surface area contributed by atoms with Gasteiger partial charge >= 0.3 is 5.97 Å². The summed E-state index contributed by atoms with van der Waals surface area (Å²) >= 11 is 0. The van der Waals surface area contributed by atoms with Crippen LogP contribution in [0, 0.1) is 5.41 Å². The highest BCUT2D eigenvalue weighted by Crippen LogP contribution is 2.28. The van der Waals surface area contributed by atoms with Gasteiger partial charge in [-0.2, -0.15) is 0 Å². The van der Waals surface area contributed by atoms with E-state index in [4.69, 9.17) is 26.4 Å². The number of aliphatic hydroxyl groups excluding tert-OH is 2. The standard InChI is InChI=1S/C11H18N6O5/c1-4(12)11(20)21-2-5-6(18)7(19)10(22-5)17-3-15-9(16-17)8(13)14/h3-7,10,18-19H,2,12H2,1H3,(H3,13,14). The van der Waals surface area contributed by atoms with Crippen LogP contribution in [-0.2, 0) is 14.3 Å². The molecule has 1 aliphatic rings. The number of nitrogens with one attached hydrogen (secondary N) is 1. The Hall–Kier alpha value is -2.08. The highest BCUT2D eigenvalue weighted by Gasteiger charge is 2.45. The molecule has 0 amide bonds. The lowest BCUT2D eigenvalue weighted by atomic mass is 10.1. The third kappa shape index (κ3) is 3.22. The lowest BCUT2D eigenvalue weighted by Gasteiger charge is -2.15. The van der Waals surface area contributed by atoms with Gasteiger partial charge in [0.2, 0.25) is 5.82 Å². The van der Waals surface area contributed by atoms with E-state index < -0.39 is 36.6 Å². The Morgan fingerprint density at radius 1 is 1.59 bits per heavy atom. The second kappa shape index (κ2) is 6.36. The first-order valence-electron chi connectivity index (χ1n) is 6.50. The molecule has 122 valence electrons. The van der Waals surface area contributed by atoms with Crippen molar-refractivity contribution in [2.75, 3.05) is 6.61 Å². The Bertz CT molecular complexity index is 561. The first kappa shape index (κ1) is 16.3. The molecular weight excluding hydrogens is 296 g/mol. The van der Waals surface area contributed by atoms with E-state index in [2.05, 4.69) is 10.1 Å². The van der Waals surface area contributed by atoms with Gasteiger partial charge in [0.25, 0.3) is 0 Å². The van der Waals surface area contributed by atoms with Crippen molar-refractivity contribution in [3.8, 4) is 0 Å². The van der Waals surface area contributed by atoms with Gasteiger partial charge in [-0.25, -0.2) is 9.67 Å². The minimum atomic E-state index is -1.31. The number of nitrogen functional groups attached to an aromatic ring is 1. The summed E-state index contributed by atoms with van der Waals surface area (Å²) in [6.45, 7) is 1.20. The molecule has 7 N–H and O–H groups in total. The lowest BCUT2D eigenvalue weighted by molar-refractivity contribution is -0.151. The Labute approximate surface area is 125 Å². The third-order valence-corrected chi connectivity index (χ3v) is 3.11. The SMILES string of the molecule is CC(N)C(=O)OCC1OC(n2cnc(C(=N)N)n2)C(O)C1O. The highest BCUT2D eigenvalue weighted by atomic mass is 16.6. The molecule has 0 aliphatic carbocycles. The second-order valence-corrected chi connectivity index (χ2v) is 4.93. The number of esters is 1. The summed E-state index contributed by atoms with van der Waals surface area (Å²) in [6.07, 6.45) is -3.34. The summed E-state index contributed by atoms with van der Waals surface area (Å²) < 4.78 is 11.4. The van der Waals surface area contributed by atoms with Crippen LogP contribution in [-0.4, -0.2) is 67.7 Å². The summed E-state index contributed by atoms with van der Waals surface area (Å²) in [4.78, 5) is 15.1. The molecule has 5 atom stereocenters. The third-order valence-electron chi connectivity index (χ3n) is 3.11. The number of carbonyl (C=O) groups is 1. The number of carbonyl (C=O) groups excluding carboxylic acids is 1. The lowest BCUT2D eigenvalue weighted by Crippen LogP contribution is -2.36. The van der Waals surface area contributed by atoms with Gasteiger partial charge in [-0.3, -0.25) is 10.2 Å². The molecule has 1 fully saturated rings. The number of amidine groups is 1. The van der Waals surface area contributed by atoms with Gasteiger partial charge < -0.3 is 31.2 Å². The zero-order valence-electron chi connectivity index (χ0n) is 11.8. The van der Waals surface area contributed by atoms with E-state index in [9.17, 15) is 15.0 Å². The van der Waals surface area contributed by atoms with E-state index in [1.54, 1.807) is 0 Å². The maximum atomic E-state index is 11.3. The highest BCUT2D eigenvalue weighted by molar-refractivity contribution is 5.90. The van der Waals surface area contributed by atoms with Crippen molar-refractivity contribution in [3.05, 3.63) is 12.2 Å². The molecule has 2 heterocycles. The van der Waals surface area contributed by atoms with Gasteiger partial charge in [0.05, 0.1) is 0 Å². The molecule has 0 spiro atoms. The number of hydrogen-bond donors (Lipinski definition) is 5. The smallest absolute Gasteiger partial charge is 0.322 e. The number of hydrogen-bond acceptors (Lipinski definition) is 9. The van der Waals surface area contributed by atoms with Gasteiger partial charge in [0.1, 0.15) is 37.3 Å². The molecule has 0 radical (unpaired) electrons. The number of ether oxygens (including phenoxy) is 2. The van der Waals surface area contributed by atoms with Crippen LogP contribution in [0.2, 0.25) is 0 Å². The Morgan fingerprint density at radius 3 is 2.82 bits per heavy atom. The van der Waals surface area contributed by atoms with E-state index >= 15 is 0 Å². The van der Waals surface area contributed by atoms with Crippen LogP contribution in [0.25, 0.3) is 0 Å². The van der Waals surface area contributed by atoms with E-state index in [1.165, 1.54) is 13.3 Å². The molecule has 0 bridgehead atoms. The average Bonchev–Trinajstić information content (AvgIpc) is 3.04.